The number of aromatic nitrogens is 2. The molecule has 1 fully saturated rings. The van der Waals surface area contributed by atoms with Crippen molar-refractivity contribution in [3.63, 3.8) is 0 Å². The second-order valence-electron chi connectivity index (χ2n) is 4.51. The van der Waals surface area contributed by atoms with Crippen LogP contribution in [0.15, 0.2) is 12.3 Å². The van der Waals surface area contributed by atoms with E-state index in [1.165, 1.54) is 12.3 Å². The minimum absolute atomic E-state index is 0.119. The maximum absolute atomic E-state index is 14.5. The second-order valence-corrected chi connectivity index (χ2v) is 4.88. The number of nitrogen functional groups attached to an aromatic ring is 1. The van der Waals surface area contributed by atoms with Gasteiger partial charge in [0.05, 0.1) is 0 Å². The quantitative estimate of drug-likeness (QED) is 0.686. The molecule has 0 radical (unpaired) electrons. The third kappa shape index (κ3) is 2.12. The zero-order chi connectivity index (χ0) is 14.4. The number of hydrogen-bond acceptors (Lipinski definition) is 6. The first-order valence-corrected chi connectivity index (χ1v) is 5.82. The lowest BCUT2D eigenvalue weighted by atomic mass is 9.97. The van der Waals surface area contributed by atoms with Crippen LogP contribution >= 0.6 is 12.2 Å². The van der Waals surface area contributed by atoms with Gasteiger partial charge in [0.1, 0.15) is 12.4 Å². The molecule has 2 heterocycles. The van der Waals surface area contributed by atoms with Crippen molar-refractivity contribution < 1.29 is 23.7 Å². The lowest BCUT2D eigenvalue weighted by Crippen LogP contribution is -2.46. The van der Waals surface area contributed by atoms with E-state index in [9.17, 15) is 13.9 Å². The lowest BCUT2D eigenvalue weighted by molar-refractivity contribution is -0.207. The number of ether oxygens (including phenoxy) is 1. The SMILES string of the molecule is C[C@@]1(F)C(O)[C@@](F)(CO)O[C@H]1n1ccc(N)nc1=S. The Kier molecular flexibility index (Phi) is 3.33. The van der Waals surface area contributed by atoms with Crippen molar-refractivity contribution in [1.29, 1.82) is 0 Å². The van der Waals surface area contributed by atoms with Crippen LogP contribution in [0.25, 0.3) is 0 Å². The van der Waals surface area contributed by atoms with E-state index in [1.54, 1.807) is 0 Å². The second kappa shape index (κ2) is 4.44. The Morgan fingerprint density at radius 1 is 1.63 bits per heavy atom. The highest BCUT2D eigenvalue weighted by Crippen LogP contribution is 2.47. The van der Waals surface area contributed by atoms with Gasteiger partial charge in [-0.05, 0) is 25.2 Å². The van der Waals surface area contributed by atoms with Crippen LogP contribution in [-0.4, -0.2) is 44.0 Å². The van der Waals surface area contributed by atoms with Gasteiger partial charge < -0.3 is 20.7 Å². The number of hydrogen-bond donors (Lipinski definition) is 3. The van der Waals surface area contributed by atoms with Crippen LogP contribution in [0.1, 0.15) is 13.2 Å². The highest BCUT2D eigenvalue weighted by Gasteiger charge is 2.64. The molecule has 1 aliphatic rings. The molecule has 1 aromatic rings. The first kappa shape index (κ1) is 14.3. The summed E-state index contributed by atoms with van der Waals surface area (Å²) < 4.78 is 34.2. The van der Waals surface area contributed by atoms with Gasteiger partial charge >= 0.3 is 0 Å². The molecular formula is C10H13F2N3O3S. The van der Waals surface area contributed by atoms with Gasteiger partial charge in [0.25, 0.3) is 5.85 Å². The third-order valence-corrected chi connectivity index (χ3v) is 3.36. The largest absolute Gasteiger partial charge is 0.390 e. The standard InChI is InChI=1S/C10H13F2N3O3S/c1-9(11)6(17)10(12,4-16)18-7(9)15-3-2-5(13)14-8(15)19/h2-3,6-7,16-17H,4H2,1H3,(H2,13,14,19)/t6?,7-,9-,10-/m1/s1. The Morgan fingerprint density at radius 2 is 2.26 bits per heavy atom. The molecule has 0 saturated carbocycles. The van der Waals surface area contributed by atoms with E-state index in [4.69, 9.17) is 27.8 Å². The van der Waals surface area contributed by atoms with Crippen molar-refractivity contribution in [2.24, 2.45) is 0 Å². The summed E-state index contributed by atoms with van der Waals surface area (Å²) in [6.45, 7) is -0.225. The van der Waals surface area contributed by atoms with E-state index < -0.39 is 30.5 Å². The number of alkyl halides is 2. The fraction of sp³-hybridized carbons (Fsp3) is 0.600. The molecule has 1 aliphatic heterocycles. The molecule has 0 aromatic carbocycles. The third-order valence-electron chi connectivity index (χ3n) is 3.05. The number of rotatable bonds is 2. The minimum atomic E-state index is -2.90. The van der Waals surface area contributed by atoms with Gasteiger partial charge in [0, 0.05) is 6.20 Å². The molecule has 106 valence electrons. The van der Waals surface area contributed by atoms with Crippen molar-refractivity contribution in [2.75, 3.05) is 12.3 Å². The number of aliphatic hydroxyl groups excluding tert-OH is 2. The molecule has 4 N–H and O–H groups in total. The summed E-state index contributed by atoms with van der Waals surface area (Å²) in [6, 6.07) is 1.33. The summed E-state index contributed by atoms with van der Waals surface area (Å²) in [4.78, 5) is 3.72. The Morgan fingerprint density at radius 3 is 2.74 bits per heavy atom. The van der Waals surface area contributed by atoms with E-state index in [2.05, 4.69) is 4.98 Å². The molecular weight excluding hydrogens is 280 g/mol. The number of aliphatic hydroxyl groups is 2. The van der Waals surface area contributed by atoms with Crippen LogP contribution in [-0.2, 0) is 4.74 Å². The van der Waals surface area contributed by atoms with E-state index >= 15 is 0 Å². The Bertz CT molecular complexity index is 553. The van der Waals surface area contributed by atoms with Crippen molar-refractivity contribution >= 4 is 18.0 Å². The lowest BCUT2D eigenvalue weighted by Gasteiger charge is -2.25. The van der Waals surface area contributed by atoms with Gasteiger partial charge in [-0.25, -0.2) is 13.8 Å². The van der Waals surface area contributed by atoms with Crippen molar-refractivity contribution in [1.82, 2.24) is 9.55 Å². The Balaban J connectivity index is 2.48. The van der Waals surface area contributed by atoms with Gasteiger partial charge in [-0.15, -0.1) is 0 Å². The van der Waals surface area contributed by atoms with E-state index in [0.717, 1.165) is 11.5 Å². The van der Waals surface area contributed by atoms with E-state index in [1.807, 2.05) is 0 Å². The van der Waals surface area contributed by atoms with Crippen LogP contribution in [0.2, 0.25) is 0 Å². The molecule has 1 aromatic heterocycles. The normalized spacial score (nSPS) is 38.6. The van der Waals surface area contributed by atoms with Crippen LogP contribution in [0, 0.1) is 4.77 Å². The molecule has 0 spiro atoms. The zero-order valence-corrected chi connectivity index (χ0v) is 10.8. The van der Waals surface area contributed by atoms with Crippen LogP contribution in [0.4, 0.5) is 14.6 Å². The first-order chi connectivity index (χ1) is 8.72. The molecule has 1 saturated heterocycles. The zero-order valence-electron chi connectivity index (χ0n) is 9.96. The van der Waals surface area contributed by atoms with Gasteiger partial charge in [0.15, 0.2) is 18.0 Å². The molecule has 0 amide bonds. The topological polar surface area (TPSA) is 93.5 Å². The van der Waals surface area contributed by atoms with Gasteiger partial charge in [0.2, 0.25) is 4.77 Å². The summed E-state index contributed by atoms with van der Waals surface area (Å²) in [5.74, 6) is -2.78. The number of nitrogens with zero attached hydrogens (tertiary/aromatic N) is 2. The summed E-state index contributed by atoms with van der Waals surface area (Å²) in [5.41, 5.74) is 2.92. The highest BCUT2D eigenvalue weighted by atomic mass is 32.1. The minimum Gasteiger partial charge on any atom is -0.390 e. The molecule has 2 rings (SSSR count). The monoisotopic (exact) mass is 293 g/mol. The summed E-state index contributed by atoms with van der Waals surface area (Å²) in [5, 5.41) is 18.5. The fourth-order valence-electron chi connectivity index (χ4n) is 1.98. The van der Waals surface area contributed by atoms with E-state index in [0.29, 0.717) is 0 Å². The average Bonchev–Trinajstić information content (AvgIpc) is 2.51. The van der Waals surface area contributed by atoms with E-state index in [-0.39, 0.29) is 10.6 Å². The number of halogens is 2. The molecule has 0 bridgehead atoms. The molecule has 0 aliphatic carbocycles. The molecule has 1 unspecified atom stereocenters. The van der Waals surface area contributed by atoms with Crippen molar-refractivity contribution in [3.05, 3.63) is 17.0 Å². The van der Waals surface area contributed by atoms with Gasteiger partial charge in [-0.2, -0.15) is 0 Å². The fourth-order valence-corrected chi connectivity index (χ4v) is 2.24. The predicted molar refractivity (Wildman–Crippen MR) is 64.0 cm³/mol. The Hall–Kier alpha value is -1.16. The van der Waals surface area contributed by atoms with Crippen LogP contribution in [0.5, 0.6) is 0 Å². The number of nitrogens with two attached hydrogens (primary N) is 1. The maximum atomic E-state index is 14.5. The first-order valence-electron chi connectivity index (χ1n) is 5.41. The molecule has 4 atom stereocenters. The van der Waals surface area contributed by atoms with Crippen molar-refractivity contribution in [2.45, 2.75) is 30.8 Å². The summed E-state index contributed by atoms with van der Waals surface area (Å²) in [6.07, 6.45) is -2.43. The smallest absolute Gasteiger partial charge is 0.263 e. The Labute approximate surface area is 112 Å². The predicted octanol–water partition coefficient (Wildman–Crippen LogP) is 0.471. The number of anilines is 1. The van der Waals surface area contributed by atoms with Crippen LogP contribution in [0.3, 0.4) is 0 Å². The van der Waals surface area contributed by atoms with Crippen LogP contribution < -0.4 is 5.73 Å². The molecule has 9 heteroatoms. The molecule has 6 nitrogen and oxygen atoms in total. The molecule has 19 heavy (non-hydrogen) atoms. The van der Waals surface area contributed by atoms with Gasteiger partial charge in [-0.1, -0.05) is 0 Å². The van der Waals surface area contributed by atoms with Crippen molar-refractivity contribution in [3.8, 4) is 0 Å². The highest BCUT2D eigenvalue weighted by molar-refractivity contribution is 7.71. The average molecular weight is 293 g/mol. The summed E-state index contributed by atoms with van der Waals surface area (Å²) in [7, 11) is 0. The maximum Gasteiger partial charge on any atom is 0.263 e. The van der Waals surface area contributed by atoms with Gasteiger partial charge in [-0.3, -0.25) is 4.57 Å². The summed E-state index contributed by atoms with van der Waals surface area (Å²) >= 11 is 4.89.